The van der Waals surface area contributed by atoms with Crippen molar-refractivity contribution >= 4 is 29.1 Å². The minimum atomic E-state index is 0.421. The van der Waals surface area contributed by atoms with Crippen LogP contribution in [-0.2, 0) is 0 Å². The molecular weight excluding hydrogens is 200 g/mol. The molecule has 0 aromatic rings. The Morgan fingerprint density at radius 1 is 1.46 bits per heavy atom. The van der Waals surface area contributed by atoms with Gasteiger partial charge in [0, 0.05) is 17.8 Å². The average Bonchev–Trinajstić information content (AvgIpc) is 2.34. The second-order valence-electron chi connectivity index (χ2n) is 3.89. The van der Waals surface area contributed by atoms with Crippen molar-refractivity contribution in [2.75, 3.05) is 11.5 Å². The molecule has 0 amide bonds. The van der Waals surface area contributed by atoms with Gasteiger partial charge in [0.15, 0.2) is 5.11 Å². The predicted octanol–water partition coefficient (Wildman–Crippen LogP) is 1.61. The van der Waals surface area contributed by atoms with Crippen LogP contribution in [0.4, 0.5) is 0 Å². The van der Waals surface area contributed by atoms with Gasteiger partial charge in [0.05, 0.1) is 0 Å². The predicted molar refractivity (Wildman–Crippen MR) is 64.3 cm³/mol. The lowest BCUT2D eigenvalue weighted by atomic mass is 10.1. The Morgan fingerprint density at radius 3 is 2.62 bits per heavy atom. The number of hydrogen-bond acceptors (Lipinski definition) is 2. The molecule has 0 spiro atoms. The molecule has 1 saturated heterocycles. The molecule has 0 aromatic heterocycles. The summed E-state index contributed by atoms with van der Waals surface area (Å²) in [5.74, 6) is 3.17. The van der Waals surface area contributed by atoms with Crippen LogP contribution in [-0.4, -0.2) is 28.7 Å². The van der Waals surface area contributed by atoms with Gasteiger partial charge in [-0.2, -0.15) is 11.8 Å². The van der Waals surface area contributed by atoms with E-state index in [2.05, 4.69) is 31.4 Å². The number of rotatable bonds is 2. The Balaban J connectivity index is 2.27. The Labute approximate surface area is 90.2 Å². The van der Waals surface area contributed by atoms with Crippen molar-refractivity contribution in [2.24, 2.45) is 5.92 Å². The maximum Gasteiger partial charge on any atom is 0.166 e. The average molecular weight is 218 g/mol. The van der Waals surface area contributed by atoms with E-state index in [4.69, 9.17) is 12.2 Å². The minimum Gasteiger partial charge on any atom is -0.361 e. The summed E-state index contributed by atoms with van der Waals surface area (Å²) in [6.45, 7) is 6.47. The van der Waals surface area contributed by atoms with Crippen molar-refractivity contribution in [3.05, 3.63) is 0 Å². The number of nitrogens with one attached hydrogen (secondary N) is 2. The molecule has 1 fully saturated rings. The molecule has 4 heteroatoms. The number of thiocarbonyl (C=S) groups is 1. The van der Waals surface area contributed by atoms with Gasteiger partial charge in [0.25, 0.3) is 0 Å². The molecule has 1 aliphatic heterocycles. The summed E-state index contributed by atoms with van der Waals surface area (Å²) in [6, 6.07) is 0.980. The van der Waals surface area contributed by atoms with Gasteiger partial charge in [0.1, 0.15) is 0 Å². The van der Waals surface area contributed by atoms with Crippen molar-refractivity contribution < 1.29 is 0 Å². The normalized spacial score (nSPS) is 27.7. The minimum absolute atomic E-state index is 0.421. The fraction of sp³-hybridized carbons (Fsp3) is 0.889. The molecule has 13 heavy (non-hydrogen) atoms. The Bertz CT molecular complexity index is 182. The van der Waals surface area contributed by atoms with Crippen molar-refractivity contribution in [3.8, 4) is 0 Å². The van der Waals surface area contributed by atoms with E-state index in [1.54, 1.807) is 0 Å². The summed E-state index contributed by atoms with van der Waals surface area (Å²) in [5.41, 5.74) is 0. The van der Waals surface area contributed by atoms with E-state index in [1.165, 1.54) is 11.5 Å². The van der Waals surface area contributed by atoms with E-state index in [0.717, 1.165) is 11.0 Å². The highest BCUT2D eigenvalue weighted by Gasteiger charge is 2.24. The summed E-state index contributed by atoms with van der Waals surface area (Å²) in [6.07, 6.45) is 0. The van der Waals surface area contributed by atoms with Crippen LogP contribution in [0.1, 0.15) is 20.8 Å². The van der Waals surface area contributed by atoms with Crippen LogP contribution in [0.15, 0.2) is 0 Å². The summed E-state index contributed by atoms with van der Waals surface area (Å²) in [4.78, 5) is 0. The van der Waals surface area contributed by atoms with E-state index in [1.807, 2.05) is 11.8 Å². The zero-order valence-corrected chi connectivity index (χ0v) is 10.1. The second-order valence-corrected chi connectivity index (χ2v) is 5.38. The third-order valence-electron chi connectivity index (χ3n) is 2.10. The first-order valence-electron chi connectivity index (χ1n) is 4.74. The van der Waals surface area contributed by atoms with Gasteiger partial charge in [-0.25, -0.2) is 0 Å². The lowest BCUT2D eigenvalue weighted by Gasteiger charge is -2.20. The van der Waals surface area contributed by atoms with Crippen LogP contribution in [0.2, 0.25) is 0 Å². The third kappa shape index (κ3) is 3.73. The quantitative estimate of drug-likeness (QED) is 0.688. The van der Waals surface area contributed by atoms with Crippen LogP contribution in [0.25, 0.3) is 0 Å². The summed E-state index contributed by atoms with van der Waals surface area (Å²) in [5, 5.41) is 7.36. The lowest BCUT2D eigenvalue weighted by molar-refractivity contribution is 0.514. The van der Waals surface area contributed by atoms with Gasteiger partial charge in [-0.3, -0.25) is 0 Å². The summed E-state index contributed by atoms with van der Waals surface area (Å²) in [7, 11) is 0. The van der Waals surface area contributed by atoms with E-state index in [-0.39, 0.29) is 0 Å². The van der Waals surface area contributed by atoms with Crippen molar-refractivity contribution in [1.82, 2.24) is 10.6 Å². The van der Waals surface area contributed by atoms with Gasteiger partial charge in [-0.1, -0.05) is 6.92 Å². The molecule has 1 heterocycles. The standard InChI is InChI=1S/C9H18N2S2/c1-6(2)10-9(12)11-8-5-13-4-7(8)3/h6-8H,4-5H2,1-3H3,(H2,10,11,12). The van der Waals surface area contributed by atoms with Crippen LogP contribution >= 0.6 is 24.0 Å². The first-order chi connectivity index (χ1) is 6.09. The third-order valence-corrected chi connectivity index (χ3v) is 3.69. The van der Waals surface area contributed by atoms with Crippen LogP contribution < -0.4 is 10.6 Å². The molecule has 2 nitrogen and oxygen atoms in total. The van der Waals surface area contributed by atoms with E-state index in [0.29, 0.717) is 12.1 Å². The fourth-order valence-corrected chi connectivity index (χ4v) is 3.11. The highest BCUT2D eigenvalue weighted by Crippen LogP contribution is 2.23. The van der Waals surface area contributed by atoms with E-state index >= 15 is 0 Å². The molecule has 2 unspecified atom stereocenters. The number of hydrogen-bond donors (Lipinski definition) is 2. The molecule has 0 bridgehead atoms. The highest BCUT2D eigenvalue weighted by atomic mass is 32.2. The Hall–Kier alpha value is 0.0400. The molecule has 2 N–H and O–H groups in total. The molecule has 2 atom stereocenters. The monoisotopic (exact) mass is 218 g/mol. The topological polar surface area (TPSA) is 24.1 Å². The maximum absolute atomic E-state index is 5.19. The van der Waals surface area contributed by atoms with Crippen molar-refractivity contribution in [2.45, 2.75) is 32.9 Å². The second kappa shape index (κ2) is 5.05. The Morgan fingerprint density at radius 2 is 2.15 bits per heavy atom. The van der Waals surface area contributed by atoms with Crippen LogP contribution in [0.5, 0.6) is 0 Å². The number of thioether (sulfide) groups is 1. The zero-order valence-electron chi connectivity index (χ0n) is 8.46. The molecule has 0 aromatic carbocycles. The SMILES string of the molecule is CC(C)NC(=S)NC1CSCC1C. The van der Waals surface area contributed by atoms with E-state index < -0.39 is 0 Å². The van der Waals surface area contributed by atoms with Gasteiger partial charge in [0.2, 0.25) is 0 Å². The van der Waals surface area contributed by atoms with Crippen molar-refractivity contribution in [3.63, 3.8) is 0 Å². The summed E-state index contributed by atoms with van der Waals surface area (Å²) < 4.78 is 0. The first kappa shape index (κ1) is 11.1. The molecule has 76 valence electrons. The van der Waals surface area contributed by atoms with Crippen LogP contribution in [0.3, 0.4) is 0 Å². The first-order valence-corrected chi connectivity index (χ1v) is 6.30. The molecule has 0 saturated carbocycles. The molecule has 1 rings (SSSR count). The highest BCUT2D eigenvalue weighted by molar-refractivity contribution is 7.99. The van der Waals surface area contributed by atoms with Gasteiger partial charge < -0.3 is 10.6 Å². The molecular formula is C9H18N2S2. The summed E-state index contributed by atoms with van der Waals surface area (Å²) >= 11 is 7.19. The molecule has 0 radical (unpaired) electrons. The smallest absolute Gasteiger partial charge is 0.166 e. The van der Waals surface area contributed by atoms with Gasteiger partial charge in [-0.05, 0) is 37.7 Å². The zero-order chi connectivity index (χ0) is 9.84. The van der Waals surface area contributed by atoms with Crippen molar-refractivity contribution in [1.29, 1.82) is 0 Å². The Kier molecular flexibility index (Phi) is 4.32. The van der Waals surface area contributed by atoms with E-state index in [9.17, 15) is 0 Å². The van der Waals surface area contributed by atoms with Crippen LogP contribution in [0, 0.1) is 5.92 Å². The van der Waals surface area contributed by atoms with Gasteiger partial charge >= 0.3 is 0 Å². The molecule has 1 aliphatic rings. The molecule has 0 aliphatic carbocycles. The maximum atomic E-state index is 5.19. The fourth-order valence-electron chi connectivity index (χ4n) is 1.32. The largest absolute Gasteiger partial charge is 0.361 e. The van der Waals surface area contributed by atoms with Gasteiger partial charge in [-0.15, -0.1) is 0 Å². The lowest BCUT2D eigenvalue weighted by Crippen LogP contribution is -2.46.